The van der Waals surface area contributed by atoms with Crippen molar-refractivity contribution in [2.24, 2.45) is 5.92 Å². The Bertz CT molecular complexity index is 627. The van der Waals surface area contributed by atoms with Gasteiger partial charge in [-0.25, -0.2) is 0 Å². The van der Waals surface area contributed by atoms with E-state index < -0.39 is 23.1 Å². The van der Waals surface area contributed by atoms with E-state index in [0.29, 0.717) is 5.56 Å². The van der Waals surface area contributed by atoms with Crippen LogP contribution in [-0.4, -0.2) is 23.5 Å². The third kappa shape index (κ3) is 4.64. The third-order valence-corrected chi connectivity index (χ3v) is 3.98. The Morgan fingerprint density at radius 1 is 1.29 bits per heavy atom. The maximum atomic E-state index is 11.8. The highest BCUT2D eigenvalue weighted by molar-refractivity contribution is 9.11. The number of halogens is 2. The standard InChI is InChI=1S/C14H14Br2O5/c1-3-21-14(20)9(7(2)17)4-8-5-10(15)12(18)13(19)11(16)6-8/h5-6,9H,3-4H2,1-2H3,(H,18,19). The van der Waals surface area contributed by atoms with Crippen molar-refractivity contribution in [2.45, 2.75) is 20.3 Å². The largest absolute Gasteiger partial charge is 0.503 e. The van der Waals surface area contributed by atoms with E-state index in [-0.39, 0.29) is 27.8 Å². The van der Waals surface area contributed by atoms with E-state index in [1.807, 2.05) is 0 Å². The second-order valence-electron chi connectivity index (χ2n) is 4.36. The summed E-state index contributed by atoms with van der Waals surface area (Å²) < 4.78 is 5.21. The van der Waals surface area contributed by atoms with Crippen LogP contribution in [0.4, 0.5) is 0 Å². The van der Waals surface area contributed by atoms with E-state index in [9.17, 15) is 19.5 Å². The van der Waals surface area contributed by atoms with Crippen LogP contribution in [0.5, 0.6) is 5.75 Å². The number of ketones is 1. The molecule has 21 heavy (non-hydrogen) atoms. The van der Waals surface area contributed by atoms with Gasteiger partial charge in [-0.05, 0) is 69.8 Å². The number of hydrogen-bond donors (Lipinski definition) is 1. The van der Waals surface area contributed by atoms with Crippen molar-refractivity contribution in [1.29, 1.82) is 0 Å². The number of hydrogen-bond acceptors (Lipinski definition) is 5. The maximum Gasteiger partial charge on any atom is 0.316 e. The molecule has 7 heteroatoms. The average molecular weight is 422 g/mol. The van der Waals surface area contributed by atoms with Crippen LogP contribution in [0.1, 0.15) is 19.4 Å². The Labute approximate surface area is 138 Å². The second-order valence-corrected chi connectivity index (χ2v) is 6.07. The molecule has 5 nitrogen and oxygen atoms in total. The Hall–Kier alpha value is -1.21. The molecular weight excluding hydrogens is 408 g/mol. The molecule has 1 aromatic carbocycles. The smallest absolute Gasteiger partial charge is 0.316 e. The molecule has 0 spiro atoms. The van der Waals surface area contributed by atoms with Crippen LogP contribution < -0.4 is 5.43 Å². The quantitative estimate of drug-likeness (QED) is 0.583. The molecule has 0 aromatic heterocycles. The summed E-state index contributed by atoms with van der Waals surface area (Å²) in [5.74, 6) is -2.30. The van der Waals surface area contributed by atoms with E-state index in [2.05, 4.69) is 31.9 Å². The highest BCUT2D eigenvalue weighted by Crippen LogP contribution is 2.24. The van der Waals surface area contributed by atoms with E-state index >= 15 is 0 Å². The molecule has 0 aliphatic carbocycles. The van der Waals surface area contributed by atoms with E-state index in [4.69, 9.17) is 4.74 Å². The summed E-state index contributed by atoms with van der Waals surface area (Å²) >= 11 is 6.15. The Kier molecular flexibility index (Phi) is 6.54. The Balaban J connectivity index is 3.23. The zero-order valence-corrected chi connectivity index (χ0v) is 14.7. The minimum Gasteiger partial charge on any atom is -0.503 e. The lowest BCUT2D eigenvalue weighted by Gasteiger charge is -2.12. The first kappa shape index (κ1) is 17.8. The minimum absolute atomic E-state index is 0.0823. The van der Waals surface area contributed by atoms with Gasteiger partial charge in [-0.1, -0.05) is 0 Å². The number of ether oxygens (including phenoxy) is 1. The lowest BCUT2D eigenvalue weighted by atomic mass is 9.97. The van der Waals surface area contributed by atoms with Gasteiger partial charge in [0.15, 0.2) is 5.75 Å². The zero-order valence-electron chi connectivity index (χ0n) is 11.5. The van der Waals surface area contributed by atoms with E-state index in [0.717, 1.165) is 0 Å². The number of Topliss-reactive ketones (excluding diaryl/α,β-unsaturated/α-hetero) is 1. The predicted octanol–water partition coefficient (Wildman–Crippen LogP) is 2.59. The van der Waals surface area contributed by atoms with Gasteiger partial charge >= 0.3 is 5.97 Å². The first-order valence-corrected chi connectivity index (χ1v) is 7.74. The average Bonchev–Trinajstić information content (AvgIpc) is 2.49. The van der Waals surface area contributed by atoms with Crippen molar-refractivity contribution in [3.8, 4) is 5.75 Å². The molecule has 0 bridgehead atoms. The molecule has 1 aromatic rings. The summed E-state index contributed by atoms with van der Waals surface area (Å²) in [6, 6.07) is 2.97. The molecule has 0 saturated heterocycles. The summed E-state index contributed by atoms with van der Waals surface area (Å²) in [7, 11) is 0. The molecule has 0 radical (unpaired) electrons. The van der Waals surface area contributed by atoms with Gasteiger partial charge < -0.3 is 9.84 Å². The van der Waals surface area contributed by atoms with Crippen LogP contribution in [0.3, 0.4) is 0 Å². The minimum atomic E-state index is -0.941. The zero-order chi connectivity index (χ0) is 16.2. The normalized spacial score (nSPS) is 11.8. The molecule has 0 fully saturated rings. The fourth-order valence-electron chi connectivity index (χ4n) is 1.71. The van der Waals surface area contributed by atoms with Crippen molar-refractivity contribution in [1.82, 2.24) is 0 Å². The van der Waals surface area contributed by atoms with Gasteiger partial charge in [0.1, 0.15) is 11.7 Å². The molecular formula is C14H14Br2O5. The molecule has 114 valence electrons. The fraction of sp³-hybridized carbons (Fsp3) is 0.357. The van der Waals surface area contributed by atoms with Crippen LogP contribution in [0.15, 0.2) is 25.9 Å². The molecule has 0 saturated carbocycles. The first-order valence-electron chi connectivity index (χ1n) is 6.16. The molecule has 1 rings (SSSR count). The number of carbonyl (C=O) groups is 2. The van der Waals surface area contributed by atoms with Gasteiger partial charge in [0.2, 0.25) is 5.43 Å². The topological polar surface area (TPSA) is 80.7 Å². The summed E-state index contributed by atoms with van der Waals surface area (Å²) in [5.41, 5.74) is -0.0389. The maximum absolute atomic E-state index is 11.8. The van der Waals surface area contributed by atoms with Crippen molar-refractivity contribution >= 4 is 43.6 Å². The Morgan fingerprint density at radius 2 is 1.86 bits per heavy atom. The van der Waals surface area contributed by atoms with Crippen LogP contribution in [0.2, 0.25) is 0 Å². The molecule has 0 amide bonds. The van der Waals surface area contributed by atoms with Crippen LogP contribution in [0.25, 0.3) is 0 Å². The molecule has 1 N–H and O–H groups in total. The van der Waals surface area contributed by atoms with Gasteiger partial charge in [-0.15, -0.1) is 0 Å². The molecule has 1 atom stereocenters. The monoisotopic (exact) mass is 420 g/mol. The van der Waals surface area contributed by atoms with Crippen LogP contribution in [-0.2, 0) is 20.7 Å². The Morgan fingerprint density at radius 3 is 2.38 bits per heavy atom. The van der Waals surface area contributed by atoms with Gasteiger partial charge in [0.05, 0.1) is 15.6 Å². The fourth-order valence-corrected chi connectivity index (χ4v) is 2.67. The summed E-state index contributed by atoms with van der Waals surface area (Å²) in [6.07, 6.45) is 0.0823. The lowest BCUT2D eigenvalue weighted by molar-refractivity contribution is -0.151. The molecule has 0 aliphatic heterocycles. The van der Waals surface area contributed by atoms with E-state index in [1.54, 1.807) is 6.92 Å². The number of aromatic hydroxyl groups is 1. The molecule has 0 aliphatic rings. The predicted molar refractivity (Wildman–Crippen MR) is 84.3 cm³/mol. The number of esters is 1. The molecule has 1 unspecified atom stereocenters. The van der Waals surface area contributed by atoms with Gasteiger partial charge in [0, 0.05) is 0 Å². The van der Waals surface area contributed by atoms with Crippen molar-refractivity contribution in [3.05, 3.63) is 36.9 Å². The number of carbonyl (C=O) groups excluding carboxylic acids is 2. The van der Waals surface area contributed by atoms with Gasteiger partial charge in [-0.2, -0.15) is 0 Å². The highest BCUT2D eigenvalue weighted by atomic mass is 79.9. The van der Waals surface area contributed by atoms with Crippen LogP contribution in [0, 0.1) is 5.92 Å². The van der Waals surface area contributed by atoms with Crippen LogP contribution >= 0.6 is 31.9 Å². The van der Waals surface area contributed by atoms with Crippen molar-refractivity contribution < 1.29 is 19.4 Å². The summed E-state index contributed by atoms with van der Waals surface area (Å²) in [4.78, 5) is 35.1. The van der Waals surface area contributed by atoms with Crippen molar-refractivity contribution in [3.63, 3.8) is 0 Å². The second kappa shape index (κ2) is 7.70. The highest BCUT2D eigenvalue weighted by Gasteiger charge is 2.25. The molecule has 0 heterocycles. The van der Waals surface area contributed by atoms with Crippen molar-refractivity contribution in [2.75, 3.05) is 6.61 Å². The SMILES string of the molecule is CCOC(=O)C(Cc1cc(Br)c(O)c(=O)c(Br)c1)C(C)=O. The summed E-state index contributed by atoms with van der Waals surface area (Å²) in [6.45, 7) is 3.15. The van der Waals surface area contributed by atoms with Gasteiger partial charge in [-0.3, -0.25) is 14.4 Å². The first-order chi connectivity index (χ1) is 9.77. The third-order valence-electron chi connectivity index (χ3n) is 2.78. The number of rotatable bonds is 5. The lowest BCUT2D eigenvalue weighted by Crippen LogP contribution is -2.26. The van der Waals surface area contributed by atoms with E-state index in [1.165, 1.54) is 19.1 Å². The van der Waals surface area contributed by atoms with Gasteiger partial charge in [0.25, 0.3) is 0 Å². The summed E-state index contributed by atoms with van der Waals surface area (Å²) in [5, 5.41) is 9.66.